The van der Waals surface area contributed by atoms with Gasteiger partial charge in [-0.1, -0.05) is 30.3 Å². The molecule has 2 aromatic carbocycles. The van der Waals surface area contributed by atoms with E-state index in [1.165, 1.54) is 0 Å². The molecule has 96 valence electrons. The fraction of sp³-hybridized carbons (Fsp3) is 0. The summed E-state index contributed by atoms with van der Waals surface area (Å²) in [7, 11) is 0. The Labute approximate surface area is 124 Å². The van der Waals surface area contributed by atoms with Crippen molar-refractivity contribution >= 4 is 26.8 Å². The van der Waals surface area contributed by atoms with Crippen LogP contribution in [0.2, 0.25) is 0 Å². The van der Waals surface area contributed by atoms with Crippen LogP contribution in [0.4, 0.5) is 0 Å². The Balaban J connectivity index is 2.09. The molecular formula is C16H9BrN2O. The number of pyridine rings is 1. The van der Waals surface area contributed by atoms with Crippen LogP contribution in [-0.2, 0) is 0 Å². The first-order valence-electron chi connectivity index (χ1n) is 6.00. The van der Waals surface area contributed by atoms with E-state index in [1.54, 1.807) is 6.07 Å². The summed E-state index contributed by atoms with van der Waals surface area (Å²) in [5.41, 5.74) is 1.30. The number of halogens is 1. The highest BCUT2D eigenvalue weighted by molar-refractivity contribution is 9.10. The summed E-state index contributed by atoms with van der Waals surface area (Å²) in [6, 6.07) is 18.9. The van der Waals surface area contributed by atoms with Gasteiger partial charge in [-0.05, 0) is 34.1 Å². The quantitative estimate of drug-likeness (QED) is 0.688. The van der Waals surface area contributed by atoms with Crippen LogP contribution in [0.1, 0.15) is 5.56 Å². The predicted molar refractivity (Wildman–Crippen MR) is 80.7 cm³/mol. The van der Waals surface area contributed by atoms with Crippen molar-refractivity contribution in [3.05, 3.63) is 64.6 Å². The van der Waals surface area contributed by atoms with Crippen LogP contribution >= 0.6 is 15.9 Å². The van der Waals surface area contributed by atoms with Gasteiger partial charge in [0.1, 0.15) is 11.8 Å². The molecule has 4 heteroatoms. The normalized spacial score (nSPS) is 10.2. The second-order valence-corrected chi connectivity index (χ2v) is 5.02. The van der Waals surface area contributed by atoms with Crippen molar-refractivity contribution in [1.29, 1.82) is 5.26 Å². The third-order valence-electron chi connectivity index (χ3n) is 2.86. The molecule has 0 fully saturated rings. The second-order valence-electron chi connectivity index (χ2n) is 4.17. The average molecular weight is 325 g/mol. The molecule has 0 N–H and O–H groups in total. The third-order valence-corrected chi connectivity index (χ3v) is 3.52. The number of nitrogens with zero attached hydrogens (tertiary/aromatic N) is 2. The molecule has 0 bridgehead atoms. The summed E-state index contributed by atoms with van der Waals surface area (Å²) in [5, 5.41) is 10.1. The Morgan fingerprint density at radius 1 is 1.05 bits per heavy atom. The van der Waals surface area contributed by atoms with Crippen molar-refractivity contribution < 1.29 is 4.74 Å². The molecule has 0 atom stereocenters. The van der Waals surface area contributed by atoms with Crippen LogP contribution in [0.25, 0.3) is 10.9 Å². The maximum absolute atomic E-state index is 9.24. The molecule has 3 aromatic rings. The molecular weight excluding hydrogens is 316 g/mol. The van der Waals surface area contributed by atoms with Crippen molar-refractivity contribution in [2.75, 3.05) is 0 Å². The highest BCUT2D eigenvalue weighted by atomic mass is 79.9. The number of nitriles is 1. The van der Waals surface area contributed by atoms with E-state index in [2.05, 4.69) is 27.0 Å². The van der Waals surface area contributed by atoms with E-state index in [0.717, 1.165) is 15.4 Å². The van der Waals surface area contributed by atoms with Crippen molar-refractivity contribution in [3.63, 3.8) is 0 Å². The lowest BCUT2D eigenvalue weighted by molar-refractivity contribution is 0.462. The molecule has 0 radical (unpaired) electrons. The summed E-state index contributed by atoms with van der Waals surface area (Å²) < 4.78 is 6.59. The highest BCUT2D eigenvalue weighted by Gasteiger charge is 2.08. The fourth-order valence-electron chi connectivity index (χ4n) is 1.94. The Morgan fingerprint density at radius 3 is 2.60 bits per heavy atom. The van der Waals surface area contributed by atoms with Gasteiger partial charge in [0.05, 0.1) is 15.6 Å². The molecule has 0 amide bonds. The number of aromatic nitrogens is 1. The molecule has 0 unspecified atom stereocenters. The van der Waals surface area contributed by atoms with E-state index in [1.807, 2.05) is 48.5 Å². The SMILES string of the molecule is N#Cc1cc(Oc2ccccc2Br)nc2ccccc12. The standard InChI is InChI=1S/C16H9BrN2O/c17-13-6-2-4-8-15(13)20-16-9-11(10-18)12-5-1-3-7-14(12)19-16/h1-9H. The first-order valence-corrected chi connectivity index (χ1v) is 6.79. The minimum Gasteiger partial charge on any atom is -0.438 e. The molecule has 0 aliphatic heterocycles. The van der Waals surface area contributed by atoms with E-state index in [9.17, 15) is 5.26 Å². The largest absolute Gasteiger partial charge is 0.438 e. The number of fused-ring (bicyclic) bond motifs is 1. The molecule has 0 saturated heterocycles. The van der Waals surface area contributed by atoms with E-state index >= 15 is 0 Å². The van der Waals surface area contributed by atoms with Crippen LogP contribution in [0.3, 0.4) is 0 Å². The monoisotopic (exact) mass is 324 g/mol. The number of hydrogen-bond acceptors (Lipinski definition) is 3. The van der Waals surface area contributed by atoms with E-state index in [0.29, 0.717) is 17.2 Å². The molecule has 1 aromatic heterocycles. The first-order chi connectivity index (χ1) is 9.78. The minimum atomic E-state index is 0.409. The zero-order valence-corrected chi connectivity index (χ0v) is 12.0. The van der Waals surface area contributed by atoms with E-state index < -0.39 is 0 Å². The highest BCUT2D eigenvalue weighted by Crippen LogP contribution is 2.30. The zero-order valence-electron chi connectivity index (χ0n) is 10.4. The minimum absolute atomic E-state index is 0.409. The maximum Gasteiger partial charge on any atom is 0.221 e. The van der Waals surface area contributed by atoms with Gasteiger partial charge in [-0.25, -0.2) is 4.98 Å². The van der Waals surface area contributed by atoms with Gasteiger partial charge in [-0.15, -0.1) is 0 Å². The molecule has 3 rings (SSSR count). The summed E-state index contributed by atoms with van der Waals surface area (Å²) in [5.74, 6) is 1.08. The van der Waals surface area contributed by atoms with Gasteiger partial charge in [-0.3, -0.25) is 0 Å². The van der Waals surface area contributed by atoms with Gasteiger partial charge in [0.25, 0.3) is 0 Å². The summed E-state index contributed by atoms with van der Waals surface area (Å²) >= 11 is 3.42. The van der Waals surface area contributed by atoms with Crippen LogP contribution in [0.5, 0.6) is 11.6 Å². The van der Waals surface area contributed by atoms with Gasteiger partial charge in [0.2, 0.25) is 5.88 Å². The van der Waals surface area contributed by atoms with E-state index in [4.69, 9.17) is 4.74 Å². The van der Waals surface area contributed by atoms with Crippen LogP contribution in [-0.4, -0.2) is 4.98 Å². The predicted octanol–water partition coefficient (Wildman–Crippen LogP) is 4.66. The molecule has 1 heterocycles. The average Bonchev–Trinajstić information content (AvgIpc) is 2.49. The molecule has 0 saturated carbocycles. The van der Waals surface area contributed by atoms with Gasteiger partial charge in [0.15, 0.2) is 0 Å². The van der Waals surface area contributed by atoms with Crippen molar-refractivity contribution in [2.45, 2.75) is 0 Å². The maximum atomic E-state index is 9.24. The summed E-state index contributed by atoms with van der Waals surface area (Å²) in [6.07, 6.45) is 0. The Bertz CT molecular complexity index is 824. The lowest BCUT2D eigenvalue weighted by Crippen LogP contribution is -1.92. The molecule has 0 aliphatic rings. The van der Waals surface area contributed by atoms with Crippen LogP contribution in [0.15, 0.2) is 59.1 Å². The summed E-state index contributed by atoms with van der Waals surface area (Å²) in [6.45, 7) is 0. The number of hydrogen-bond donors (Lipinski definition) is 0. The fourth-order valence-corrected chi connectivity index (χ4v) is 2.30. The van der Waals surface area contributed by atoms with Crippen molar-refractivity contribution in [3.8, 4) is 17.7 Å². The zero-order chi connectivity index (χ0) is 13.9. The Morgan fingerprint density at radius 2 is 1.80 bits per heavy atom. The van der Waals surface area contributed by atoms with Crippen LogP contribution in [0, 0.1) is 11.3 Å². The van der Waals surface area contributed by atoms with Crippen molar-refractivity contribution in [1.82, 2.24) is 4.98 Å². The van der Waals surface area contributed by atoms with Crippen molar-refractivity contribution in [2.24, 2.45) is 0 Å². The smallest absolute Gasteiger partial charge is 0.221 e. The molecule has 20 heavy (non-hydrogen) atoms. The van der Waals surface area contributed by atoms with Gasteiger partial charge >= 0.3 is 0 Å². The lowest BCUT2D eigenvalue weighted by Gasteiger charge is -2.08. The molecule has 0 aliphatic carbocycles. The van der Waals surface area contributed by atoms with Gasteiger partial charge in [-0.2, -0.15) is 5.26 Å². The topological polar surface area (TPSA) is 45.9 Å². The number of ether oxygens (including phenoxy) is 1. The van der Waals surface area contributed by atoms with E-state index in [-0.39, 0.29) is 0 Å². The lowest BCUT2D eigenvalue weighted by atomic mass is 10.1. The number of para-hydroxylation sites is 2. The number of benzene rings is 2. The molecule has 0 spiro atoms. The Kier molecular flexibility index (Phi) is 3.36. The molecule has 3 nitrogen and oxygen atoms in total. The van der Waals surface area contributed by atoms with Gasteiger partial charge < -0.3 is 4.74 Å². The second kappa shape index (κ2) is 5.32. The third kappa shape index (κ3) is 2.36. The summed E-state index contributed by atoms with van der Waals surface area (Å²) in [4.78, 5) is 4.43. The number of rotatable bonds is 2. The van der Waals surface area contributed by atoms with Crippen LogP contribution < -0.4 is 4.74 Å². The van der Waals surface area contributed by atoms with Gasteiger partial charge in [0, 0.05) is 11.5 Å². The first kappa shape index (κ1) is 12.6. The Hall–Kier alpha value is -2.38.